The minimum atomic E-state index is -0.586. The Morgan fingerprint density at radius 3 is 2.36 bits per heavy atom. The number of amides is 1. The summed E-state index contributed by atoms with van der Waals surface area (Å²) in [6.07, 6.45) is 0. The Hall–Kier alpha value is -2.96. The summed E-state index contributed by atoms with van der Waals surface area (Å²) in [5.74, 6) is -0.765. The Kier molecular flexibility index (Phi) is 7.49. The summed E-state index contributed by atoms with van der Waals surface area (Å²) in [5.41, 5.74) is 2.08. The zero-order valence-electron chi connectivity index (χ0n) is 16.6. The maximum Gasteiger partial charge on any atom is 0.253 e. The van der Waals surface area contributed by atoms with Gasteiger partial charge in [-0.25, -0.2) is 8.78 Å². The lowest BCUT2D eigenvalue weighted by molar-refractivity contribution is 0.0827. The maximum atomic E-state index is 13.9. The van der Waals surface area contributed by atoms with Crippen LogP contribution in [0.2, 0.25) is 0 Å². The molecule has 0 aromatic heterocycles. The molecule has 0 fully saturated rings. The second kappa shape index (κ2) is 9.82. The van der Waals surface area contributed by atoms with E-state index in [4.69, 9.17) is 0 Å². The van der Waals surface area contributed by atoms with Crippen molar-refractivity contribution in [3.8, 4) is 0 Å². The van der Waals surface area contributed by atoms with Crippen molar-refractivity contribution in [3.05, 3.63) is 70.8 Å². The van der Waals surface area contributed by atoms with E-state index in [0.29, 0.717) is 30.2 Å². The minimum absolute atomic E-state index is 0.0426. The summed E-state index contributed by atoms with van der Waals surface area (Å²) >= 11 is 0. The van der Waals surface area contributed by atoms with Gasteiger partial charge in [0.15, 0.2) is 5.96 Å². The third-order valence-electron chi connectivity index (χ3n) is 4.36. The van der Waals surface area contributed by atoms with Gasteiger partial charge in [0.1, 0.15) is 11.6 Å². The third-order valence-corrected chi connectivity index (χ3v) is 4.36. The molecule has 7 heteroatoms. The van der Waals surface area contributed by atoms with E-state index in [9.17, 15) is 13.6 Å². The molecule has 0 heterocycles. The highest BCUT2D eigenvalue weighted by molar-refractivity contribution is 5.93. The van der Waals surface area contributed by atoms with Crippen LogP contribution in [0.5, 0.6) is 0 Å². The van der Waals surface area contributed by atoms with E-state index in [2.05, 4.69) is 15.6 Å². The highest BCUT2D eigenvalue weighted by Crippen LogP contribution is 2.19. The van der Waals surface area contributed by atoms with Gasteiger partial charge in [0.05, 0.1) is 0 Å². The van der Waals surface area contributed by atoms with Crippen molar-refractivity contribution in [1.82, 2.24) is 15.5 Å². The van der Waals surface area contributed by atoms with Crippen molar-refractivity contribution in [3.63, 3.8) is 0 Å². The molecule has 1 amide bonds. The molecular formula is C21H26F2N4O. The van der Waals surface area contributed by atoms with E-state index in [1.54, 1.807) is 33.3 Å². The molecule has 0 aliphatic rings. The molecular weight excluding hydrogens is 362 g/mol. The van der Waals surface area contributed by atoms with Crippen LogP contribution < -0.4 is 10.6 Å². The highest BCUT2D eigenvalue weighted by atomic mass is 19.1. The number of benzene rings is 2. The molecule has 0 bridgehead atoms. The quantitative estimate of drug-likeness (QED) is 0.591. The Morgan fingerprint density at radius 2 is 1.79 bits per heavy atom. The lowest BCUT2D eigenvalue weighted by atomic mass is 10.0. The van der Waals surface area contributed by atoms with Crippen LogP contribution in [0.4, 0.5) is 8.78 Å². The van der Waals surface area contributed by atoms with Crippen LogP contribution in [0, 0.1) is 11.6 Å². The van der Waals surface area contributed by atoms with Crippen LogP contribution in [0.3, 0.4) is 0 Å². The van der Waals surface area contributed by atoms with E-state index in [0.717, 1.165) is 11.6 Å². The van der Waals surface area contributed by atoms with Gasteiger partial charge in [0.25, 0.3) is 5.91 Å². The van der Waals surface area contributed by atoms with Gasteiger partial charge in [-0.15, -0.1) is 0 Å². The lowest BCUT2D eigenvalue weighted by Gasteiger charge is -2.17. The minimum Gasteiger partial charge on any atom is -0.356 e. The highest BCUT2D eigenvalue weighted by Gasteiger charge is 2.12. The molecule has 0 spiro atoms. The number of guanidine groups is 1. The summed E-state index contributed by atoms with van der Waals surface area (Å²) < 4.78 is 26.9. The van der Waals surface area contributed by atoms with Crippen molar-refractivity contribution < 1.29 is 13.6 Å². The first-order valence-electron chi connectivity index (χ1n) is 9.02. The molecule has 0 aliphatic heterocycles. The average molecular weight is 388 g/mol. The van der Waals surface area contributed by atoms with Gasteiger partial charge < -0.3 is 15.5 Å². The predicted molar refractivity (Wildman–Crippen MR) is 107 cm³/mol. The Bertz CT molecular complexity index is 835. The molecule has 150 valence electrons. The van der Waals surface area contributed by atoms with E-state index in [-0.39, 0.29) is 11.8 Å². The van der Waals surface area contributed by atoms with Crippen molar-refractivity contribution in [2.45, 2.75) is 19.4 Å². The van der Waals surface area contributed by atoms with Crippen LogP contribution in [0.1, 0.15) is 34.3 Å². The number of hydrogen-bond acceptors (Lipinski definition) is 2. The Balaban J connectivity index is 1.88. The summed E-state index contributed by atoms with van der Waals surface area (Å²) in [5, 5.41) is 6.32. The zero-order chi connectivity index (χ0) is 20.7. The van der Waals surface area contributed by atoms with Crippen molar-refractivity contribution >= 4 is 11.9 Å². The van der Waals surface area contributed by atoms with E-state index >= 15 is 0 Å². The Labute approximate surface area is 164 Å². The SMILES string of the molecule is CN=C(NCc1ccc(C(=O)N(C)C)cc1)NCC(C)c1ccc(F)cc1F. The topological polar surface area (TPSA) is 56.7 Å². The number of nitrogens with one attached hydrogen (secondary N) is 2. The molecule has 2 rings (SSSR count). The van der Waals surface area contributed by atoms with Gasteiger partial charge >= 0.3 is 0 Å². The van der Waals surface area contributed by atoms with Gasteiger partial charge in [-0.1, -0.05) is 25.1 Å². The average Bonchev–Trinajstić information content (AvgIpc) is 2.67. The lowest BCUT2D eigenvalue weighted by Crippen LogP contribution is -2.38. The first-order chi connectivity index (χ1) is 13.3. The Morgan fingerprint density at radius 1 is 1.11 bits per heavy atom. The number of rotatable bonds is 6. The number of nitrogens with zero attached hydrogens (tertiary/aromatic N) is 2. The van der Waals surface area contributed by atoms with Gasteiger partial charge in [-0.05, 0) is 29.3 Å². The van der Waals surface area contributed by atoms with Crippen LogP contribution in [0.25, 0.3) is 0 Å². The van der Waals surface area contributed by atoms with E-state index in [1.165, 1.54) is 17.0 Å². The first-order valence-corrected chi connectivity index (χ1v) is 9.02. The smallest absolute Gasteiger partial charge is 0.253 e. The number of aliphatic imine (C=N–C) groups is 1. The molecule has 28 heavy (non-hydrogen) atoms. The summed E-state index contributed by atoms with van der Waals surface area (Å²) in [4.78, 5) is 17.6. The van der Waals surface area contributed by atoms with Crippen LogP contribution in [-0.4, -0.2) is 44.5 Å². The number of hydrogen-bond donors (Lipinski definition) is 2. The van der Waals surface area contributed by atoms with Gasteiger partial charge in [0, 0.05) is 51.8 Å². The van der Waals surface area contributed by atoms with Crippen molar-refractivity contribution in [2.24, 2.45) is 4.99 Å². The normalized spacial score (nSPS) is 12.4. The van der Waals surface area contributed by atoms with Crippen LogP contribution in [0.15, 0.2) is 47.5 Å². The summed E-state index contributed by atoms with van der Waals surface area (Å²) in [6, 6.07) is 10.9. The van der Waals surface area contributed by atoms with E-state index in [1.807, 2.05) is 19.1 Å². The molecule has 1 unspecified atom stereocenters. The molecule has 5 nitrogen and oxygen atoms in total. The first kappa shape index (κ1) is 21.3. The zero-order valence-corrected chi connectivity index (χ0v) is 16.6. The molecule has 0 saturated carbocycles. The third kappa shape index (κ3) is 5.77. The number of halogens is 2. The van der Waals surface area contributed by atoms with E-state index < -0.39 is 11.6 Å². The second-order valence-corrected chi connectivity index (χ2v) is 6.77. The van der Waals surface area contributed by atoms with Crippen molar-refractivity contribution in [1.29, 1.82) is 0 Å². The summed E-state index contributed by atoms with van der Waals surface area (Å²) in [6.45, 7) is 2.82. The monoisotopic (exact) mass is 388 g/mol. The number of carbonyl (C=O) groups is 1. The molecule has 2 N–H and O–H groups in total. The fourth-order valence-electron chi connectivity index (χ4n) is 2.69. The van der Waals surface area contributed by atoms with Crippen molar-refractivity contribution in [2.75, 3.05) is 27.7 Å². The standard InChI is InChI=1S/C21H26F2N4O/c1-14(18-10-9-17(22)11-19(18)23)12-25-21(24-2)26-13-15-5-7-16(8-6-15)20(28)27(3)4/h5-11,14H,12-13H2,1-4H3,(H2,24,25,26). The molecule has 0 aliphatic carbocycles. The van der Waals surface area contributed by atoms with Crippen LogP contribution in [-0.2, 0) is 6.54 Å². The molecule has 0 radical (unpaired) electrons. The largest absolute Gasteiger partial charge is 0.356 e. The maximum absolute atomic E-state index is 13.9. The van der Waals surface area contributed by atoms with Gasteiger partial charge in [-0.2, -0.15) is 0 Å². The summed E-state index contributed by atoms with van der Waals surface area (Å²) in [7, 11) is 5.08. The fraction of sp³-hybridized carbons (Fsp3) is 0.333. The molecule has 2 aromatic carbocycles. The number of carbonyl (C=O) groups excluding carboxylic acids is 1. The molecule has 0 saturated heterocycles. The predicted octanol–water partition coefficient (Wildman–Crippen LogP) is 3.14. The van der Waals surface area contributed by atoms with Gasteiger partial charge in [0.2, 0.25) is 0 Å². The van der Waals surface area contributed by atoms with Gasteiger partial charge in [-0.3, -0.25) is 9.79 Å². The molecule has 2 aromatic rings. The molecule has 1 atom stereocenters. The fourth-order valence-corrected chi connectivity index (χ4v) is 2.69. The van der Waals surface area contributed by atoms with Crippen LogP contribution >= 0.6 is 0 Å². The second-order valence-electron chi connectivity index (χ2n) is 6.77.